The van der Waals surface area contributed by atoms with Gasteiger partial charge in [-0.15, -0.1) is 0 Å². The summed E-state index contributed by atoms with van der Waals surface area (Å²) in [6, 6.07) is 16.6. The van der Waals surface area contributed by atoms with E-state index in [0.29, 0.717) is 12.5 Å². The minimum absolute atomic E-state index is 0.522. The molecule has 2 aromatic carbocycles. The van der Waals surface area contributed by atoms with Crippen LogP contribution in [0.1, 0.15) is 30.3 Å². The predicted molar refractivity (Wildman–Crippen MR) is 97.8 cm³/mol. The molecular formula is C21H21N3. The molecule has 1 aliphatic rings. The van der Waals surface area contributed by atoms with Crippen molar-refractivity contribution in [2.24, 2.45) is 0 Å². The second-order valence-corrected chi connectivity index (χ2v) is 6.25. The first kappa shape index (κ1) is 13.7. The molecule has 120 valence electrons. The summed E-state index contributed by atoms with van der Waals surface area (Å²) in [6.07, 6.45) is 4.76. The number of hydrogen-bond acceptors (Lipinski definition) is 3. The van der Waals surface area contributed by atoms with Gasteiger partial charge in [0.05, 0.1) is 1.37 Å². The Balaban J connectivity index is 1.66. The second kappa shape index (κ2) is 6.44. The van der Waals surface area contributed by atoms with E-state index in [0.717, 1.165) is 36.6 Å². The van der Waals surface area contributed by atoms with Gasteiger partial charge in [-0.2, -0.15) is 0 Å². The van der Waals surface area contributed by atoms with Crippen molar-refractivity contribution in [2.45, 2.75) is 26.2 Å². The van der Waals surface area contributed by atoms with Crippen LogP contribution in [-0.4, -0.2) is 16.5 Å². The normalized spacial score (nSPS) is 14.2. The minimum atomic E-state index is 0.522. The molecule has 24 heavy (non-hydrogen) atoms. The van der Waals surface area contributed by atoms with Crippen molar-refractivity contribution in [1.82, 2.24) is 9.97 Å². The van der Waals surface area contributed by atoms with Gasteiger partial charge in [-0.25, -0.2) is 9.97 Å². The van der Waals surface area contributed by atoms with E-state index in [1.807, 2.05) is 30.5 Å². The van der Waals surface area contributed by atoms with Gasteiger partial charge in [-0.05, 0) is 48.6 Å². The molecule has 4 rings (SSSR count). The van der Waals surface area contributed by atoms with Crippen LogP contribution in [-0.2, 0) is 12.8 Å². The van der Waals surface area contributed by atoms with E-state index in [1.165, 1.54) is 16.8 Å². The van der Waals surface area contributed by atoms with Gasteiger partial charge in [-0.1, -0.05) is 42.4 Å². The molecule has 3 nitrogen and oxygen atoms in total. The largest absolute Gasteiger partial charge is 0.326 e. The maximum atomic E-state index is 7.76. The first-order valence-electron chi connectivity index (χ1n) is 8.94. The number of hydrogen-bond donors (Lipinski definition) is 0. The average Bonchev–Trinajstić information content (AvgIpc) is 2.62. The molecule has 2 heterocycles. The number of anilines is 2. The fourth-order valence-corrected chi connectivity index (χ4v) is 3.38. The van der Waals surface area contributed by atoms with Crippen LogP contribution >= 0.6 is 0 Å². The Hall–Kier alpha value is -2.68. The summed E-state index contributed by atoms with van der Waals surface area (Å²) >= 11 is 0. The number of rotatable bonds is 3. The Morgan fingerprint density at radius 1 is 1.12 bits per heavy atom. The summed E-state index contributed by atoms with van der Waals surface area (Å²) in [4.78, 5) is 11.5. The Morgan fingerprint density at radius 2 is 2.08 bits per heavy atom. The third-order valence-corrected chi connectivity index (χ3v) is 4.59. The lowest BCUT2D eigenvalue weighted by Gasteiger charge is -2.31. The van der Waals surface area contributed by atoms with Gasteiger partial charge in [0.15, 0.2) is 0 Å². The standard InChI is InChI=1S/C21H21N3/c1-16-7-5-11-19-18(16)10-6-14-24(19)21-12-13-22-20(23-21)15-17-8-3-2-4-9-17/h2-5,7-9,11-13H,6,10,14-15H2,1H3/i3T. The van der Waals surface area contributed by atoms with Gasteiger partial charge >= 0.3 is 0 Å². The minimum Gasteiger partial charge on any atom is -0.326 e. The summed E-state index contributed by atoms with van der Waals surface area (Å²) in [5.41, 5.74) is 5.11. The summed E-state index contributed by atoms with van der Waals surface area (Å²) in [5, 5.41) is 0. The molecule has 0 bridgehead atoms. The number of fused-ring (bicyclic) bond motifs is 1. The number of aromatic nitrogens is 2. The topological polar surface area (TPSA) is 29.0 Å². The molecule has 1 aromatic heterocycles. The quantitative estimate of drug-likeness (QED) is 0.714. The van der Waals surface area contributed by atoms with E-state index in [2.05, 4.69) is 35.0 Å². The summed E-state index contributed by atoms with van der Waals surface area (Å²) in [6.45, 7) is 3.16. The molecule has 0 atom stereocenters. The highest BCUT2D eigenvalue weighted by atomic mass is 15.2. The average molecular weight is 317 g/mol. The second-order valence-electron chi connectivity index (χ2n) is 6.25. The predicted octanol–water partition coefficient (Wildman–Crippen LogP) is 4.46. The zero-order valence-corrected chi connectivity index (χ0v) is 13.9. The van der Waals surface area contributed by atoms with Gasteiger partial charge in [-0.3, -0.25) is 0 Å². The fraction of sp³-hybridized carbons (Fsp3) is 0.238. The van der Waals surface area contributed by atoms with E-state index in [4.69, 9.17) is 6.35 Å². The van der Waals surface area contributed by atoms with Gasteiger partial charge in [0.25, 0.3) is 0 Å². The molecule has 0 fully saturated rings. The van der Waals surface area contributed by atoms with Crippen LogP contribution in [0.5, 0.6) is 0 Å². The van der Waals surface area contributed by atoms with Gasteiger partial charge in [0.2, 0.25) is 0 Å². The van der Waals surface area contributed by atoms with Gasteiger partial charge in [0.1, 0.15) is 11.6 Å². The summed E-state index contributed by atoms with van der Waals surface area (Å²) in [5.74, 6) is 1.75. The van der Waals surface area contributed by atoms with Crippen LogP contribution in [0.2, 0.25) is 0 Å². The Labute approximate surface area is 144 Å². The lowest BCUT2D eigenvalue weighted by molar-refractivity contribution is 0.751. The summed E-state index contributed by atoms with van der Waals surface area (Å²) < 4.78 is 7.76. The third-order valence-electron chi connectivity index (χ3n) is 4.59. The highest BCUT2D eigenvalue weighted by Gasteiger charge is 2.20. The highest BCUT2D eigenvalue weighted by molar-refractivity contribution is 5.66. The lowest BCUT2D eigenvalue weighted by Crippen LogP contribution is -2.26. The number of nitrogens with zero attached hydrogens (tertiary/aromatic N) is 3. The van der Waals surface area contributed by atoms with Crippen LogP contribution in [0.3, 0.4) is 0 Å². The molecule has 0 radical (unpaired) electrons. The lowest BCUT2D eigenvalue weighted by atomic mass is 9.97. The third kappa shape index (κ3) is 2.90. The number of benzene rings is 2. The molecule has 3 aromatic rings. The molecule has 0 saturated heterocycles. The monoisotopic (exact) mass is 317 g/mol. The molecule has 0 N–H and O–H groups in total. The molecule has 0 aliphatic carbocycles. The summed E-state index contributed by atoms with van der Waals surface area (Å²) in [7, 11) is 0. The van der Waals surface area contributed by atoms with Gasteiger partial charge < -0.3 is 4.90 Å². The Kier molecular flexibility index (Phi) is 3.68. The van der Waals surface area contributed by atoms with Crippen molar-refractivity contribution in [3.63, 3.8) is 0 Å². The molecule has 0 spiro atoms. The molecule has 0 unspecified atom stereocenters. The first-order valence-corrected chi connectivity index (χ1v) is 8.44. The highest BCUT2D eigenvalue weighted by Crippen LogP contribution is 2.34. The zero-order chi connectivity index (χ0) is 17.2. The van der Waals surface area contributed by atoms with Crippen LogP contribution in [0, 0.1) is 6.92 Å². The maximum Gasteiger partial charge on any atom is 0.136 e. The maximum absolute atomic E-state index is 7.76. The van der Waals surface area contributed by atoms with Crippen LogP contribution in [0.15, 0.2) is 60.8 Å². The van der Waals surface area contributed by atoms with Gasteiger partial charge in [0, 0.05) is 24.8 Å². The smallest absolute Gasteiger partial charge is 0.136 e. The van der Waals surface area contributed by atoms with Crippen LogP contribution in [0.4, 0.5) is 11.5 Å². The van der Waals surface area contributed by atoms with Crippen molar-refractivity contribution in [2.75, 3.05) is 11.4 Å². The van der Waals surface area contributed by atoms with Crippen molar-refractivity contribution in [3.05, 3.63) is 83.3 Å². The first-order chi connectivity index (χ1) is 12.2. The van der Waals surface area contributed by atoms with E-state index >= 15 is 0 Å². The Morgan fingerprint density at radius 3 is 3.00 bits per heavy atom. The van der Waals surface area contributed by atoms with E-state index in [9.17, 15) is 0 Å². The molecule has 0 amide bonds. The van der Waals surface area contributed by atoms with Crippen molar-refractivity contribution < 1.29 is 1.37 Å². The number of aryl methyl sites for hydroxylation is 1. The van der Waals surface area contributed by atoms with Crippen LogP contribution < -0.4 is 4.90 Å². The van der Waals surface area contributed by atoms with Crippen LogP contribution in [0.25, 0.3) is 0 Å². The molecule has 1 aliphatic heterocycles. The fourth-order valence-electron chi connectivity index (χ4n) is 3.38. The SMILES string of the molecule is [3H]c1cccc(Cc2nccc(N3CCCc4c(C)cccc43)n2)c1. The molecular weight excluding hydrogens is 294 g/mol. The zero-order valence-electron chi connectivity index (χ0n) is 14.9. The van der Waals surface area contributed by atoms with Crippen molar-refractivity contribution >= 4 is 11.5 Å². The van der Waals surface area contributed by atoms with Crippen molar-refractivity contribution in [3.8, 4) is 0 Å². The van der Waals surface area contributed by atoms with Crippen molar-refractivity contribution in [1.29, 1.82) is 0 Å². The van der Waals surface area contributed by atoms with E-state index in [-0.39, 0.29) is 0 Å². The Bertz CT molecular complexity index is 907. The van der Waals surface area contributed by atoms with E-state index < -0.39 is 0 Å². The van der Waals surface area contributed by atoms with E-state index in [1.54, 1.807) is 6.07 Å². The molecule has 3 heteroatoms. The molecule has 0 saturated carbocycles.